The molecule has 2 aromatic rings. The molecule has 2 rings (SSSR count). The average Bonchev–Trinajstić information content (AvgIpc) is 2.85. The number of oxime groups is 1. The number of rotatable bonds is 3. The first-order chi connectivity index (χ1) is 9.01. The van der Waals surface area contributed by atoms with Gasteiger partial charge in [-0.05, 0) is 23.8 Å². The van der Waals surface area contributed by atoms with E-state index in [0.717, 1.165) is 14.5 Å². The second kappa shape index (κ2) is 6.34. The van der Waals surface area contributed by atoms with Crippen molar-refractivity contribution in [1.82, 2.24) is 15.0 Å². The summed E-state index contributed by atoms with van der Waals surface area (Å²) in [5.41, 5.74) is 1.26. The van der Waals surface area contributed by atoms with Crippen molar-refractivity contribution in [3.63, 3.8) is 0 Å². The Bertz CT molecular complexity index is 611. The Balaban J connectivity index is 2.33. The van der Waals surface area contributed by atoms with Crippen molar-refractivity contribution < 1.29 is 5.21 Å². The molecule has 1 unspecified atom stereocenters. The van der Waals surface area contributed by atoms with E-state index < -0.39 is 0 Å². The highest BCUT2D eigenvalue weighted by molar-refractivity contribution is 9.11. The number of hydrogen-bond acceptors (Lipinski definition) is 4. The molecule has 0 aliphatic heterocycles. The molecule has 0 amide bonds. The van der Waals surface area contributed by atoms with Crippen LogP contribution in [0.25, 0.3) is 0 Å². The van der Waals surface area contributed by atoms with E-state index in [4.69, 9.17) is 16.8 Å². The minimum absolute atomic E-state index is 0.110. The Labute approximate surface area is 139 Å². The zero-order chi connectivity index (χ0) is 14.0. The van der Waals surface area contributed by atoms with Gasteiger partial charge in [-0.25, -0.2) is 4.68 Å². The van der Waals surface area contributed by atoms with Crippen LogP contribution in [0.2, 0.25) is 0 Å². The van der Waals surface area contributed by atoms with Crippen LogP contribution in [0.1, 0.15) is 16.2 Å². The molecule has 0 fully saturated rings. The van der Waals surface area contributed by atoms with E-state index in [0.29, 0.717) is 5.69 Å². The Morgan fingerprint density at radius 3 is 2.53 bits per heavy atom. The van der Waals surface area contributed by atoms with Crippen LogP contribution in [-0.4, -0.2) is 25.4 Å². The summed E-state index contributed by atoms with van der Waals surface area (Å²) >= 11 is 16.0. The number of nitrogens with zero attached hydrogens (tertiary/aromatic N) is 4. The third-order valence-electron chi connectivity index (χ3n) is 2.20. The first kappa shape index (κ1) is 15.0. The molecule has 1 aromatic heterocycles. The lowest BCUT2D eigenvalue weighted by atomic mass is 10.2. The lowest BCUT2D eigenvalue weighted by Crippen LogP contribution is -2.04. The quantitative estimate of drug-likeness (QED) is 0.316. The van der Waals surface area contributed by atoms with Crippen LogP contribution < -0.4 is 0 Å². The second-order valence-corrected chi connectivity index (χ2v) is 6.57. The van der Waals surface area contributed by atoms with Gasteiger partial charge < -0.3 is 5.21 Å². The van der Waals surface area contributed by atoms with Gasteiger partial charge in [0.05, 0.1) is 6.20 Å². The fraction of sp³-hybridized carbons (Fsp3) is 0.100. The first-order valence-electron chi connectivity index (χ1n) is 4.91. The zero-order valence-corrected chi connectivity index (χ0v) is 14.6. The molecule has 0 spiro atoms. The van der Waals surface area contributed by atoms with Gasteiger partial charge in [0.2, 0.25) is 0 Å². The predicted molar refractivity (Wildman–Crippen MR) is 83.1 cm³/mol. The molecular weight excluding hydrogens is 467 g/mol. The molecule has 1 heterocycles. The third-order valence-corrected chi connectivity index (χ3v) is 4.33. The maximum absolute atomic E-state index is 8.58. The van der Waals surface area contributed by atoms with Crippen molar-refractivity contribution in [2.24, 2.45) is 5.16 Å². The van der Waals surface area contributed by atoms with Crippen LogP contribution in [0.5, 0.6) is 0 Å². The topological polar surface area (TPSA) is 63.3 Å². The average molecular weight is 473 g/mol. The van der Waals surface area contributed by atoms with Crippen LogP contribution in [0.4, 0.5) is 0 Å². The van der Waals surface area contributed by atoms with Gasteiger partial charge in [0.25, 0.3) is 0 Å². The van der Waals surface area contributed by atoms with Crippen LogP contribution >= 0.6 is 59.4 Å². The molecule has 0 saturated heterocycles. The largest absolute Gasteiger partial charge is 0.410 e. The molecule has 0 saturated carbocycles. The van der Waals surface area contributed by atoms with Crippen molar-refractivity contribution in [3.05, 3.63) is 44.6 Å². The molecule has 1 atom stereocenters. The molecule has 19 heavy (non-hydrogen) atoms. The van der Waals surface area contributed by atoms with Gasteiger partial charge in [-0.15, -0.1) is 5.10 Å². The van der Waals surface area contributed by atoms with Gasteiger partial charge in [0, 0.05) is 8.95 Å². The van der Waals surface area contributed by atoms with Crippen molar-refractivity contribution in [2.45, 2.75) is 4.95 Å². The fourth-order valence-corrected chi connectivity index (χ4v) is 3.28. The fourth-order valence-electron chi connectivity index (χ4n) is 1.40. The Morgan fingerprint density at radius 2 is 1.95 bits per heavy atom. The number of halogens is 4. The van der Waals surface area contributed by atoms with E-state index in [-0.39, 0.29) is 10.1 Å². The first-order valence-corrected chi connectivity index (χ1v) is 7.79. The summed E-state index contributed by atoms with van der Waals surface area (Å²) in [6, 6.07) is 5.84. The van der Waals surface area contributed by atoms with Gasteiger partial charge >= 0.3 is 0 Å². The van der Waals surface area contributed by atoms with Gasteiger partial charge in [-0.1, -0.05) is 69.8 Å². The highest BCUT2D eigenvalue weighted by Gasteiger charge is 2.15. The lowest BCUT2D eigenvalue weighted by molar-refractivity contribution is 0.320. The van der Waals surface area contributed by atoms with E-state index >= 15 is 0 Å². The normalized spacial score (nSPS) is 13.6. The molecule has 100 valence electrons. The number of aromatic nitrogens is 3. The lowest BCUT2D eigenvalue weighted by Gasteiger charge is -2.10. The van der Waals surface area contributed by atoms with E-state index in [1.165, 1.54) is 0 Å². The highest BCUT2D eigenvalue weighted by Crippen LogP contribution is 2.29. The summed E-state index contributed by atoms with van der Waals surface area (Å²) in [5, 5.41) is 19.1. The summed E-state index contributed by atoms with van der Waals surface area (Å²) in [4.78, 5) is -0.217. The van der Waals surface area contributed by atoms with E-state index in [1.54, 1.807) is 10.9 Å². The SMILES string of the molecule is ON=C(Cl)c1cn(C(Br)c2cc(Br)cc(Br)c2)nn1. The summed E-state index contributed by atoms with van der Waals surface area (Å²) in [5.74, 6) is 0. The summed E-state index contributed by atoms with van der Waals surface area (Å²) in [6.45, 7) is 0. The molecule has 0 radical (unpaired) electrons. The maximum Gasteiger partial charge on any atom is 0.197 e. The minimum Gasteiger partial charge on any atom is -0.410 e. The standard InChI is InChI=1S/C10H6Br3ClN4O/c11-6-1-5(2-7(12)3-6)9(13)18-4-8(15-17-18)10(14)16-19/h1-4,9,19H. The van der Waals surface area contributed by atoms with Crippen molar-refractivity contribution in [2.75, 3.05) is 0 Å². The number of benzene rings is 1. The summed E-state index contributed by atoms with van der Waals surface area (Å²) in [7, 11) is 0. The van der Waals surface area contributed by atoms with Gasteiger partial charge in [0.15, 0.2) is 5.17 Å². The van der Waals surface area contributed by atoms with E-state index in [2.05, 4.69) is 63.3 Å². The van der Waals surface area contributed by atoms with Crippen LogP contribution in [0, 0.1) is 0 Å². The maximum atomic E-state index is 8.58. The van der Waals surface area contributed by atoms with Crippen molar-refractivity contribution >= 4 is 64.6 Å². The monoisotopic (exact) mass is 470 g/mol. The summed E-state index contributed by atoms with van der Waals surface area (Å²) < 4.78 is 3.45. The third kappa shape index (κ3) is 3.56. The highest BCUT2D eigenvalue weighted by atomic mass is 79.9. The Kier molecular flexibility index (Phi) is 4.99. The van der Waals surface area contributed by atoms with Crippen molar-refractivity contribution in [1.29, 1.82) is 0 Å². The van der Waals surface area contributed by atoms with Gasteiger partial charge in [-0.3, -0.25) is 0 Å². The molecule has 5 nitrogen and oxygen atoms in total. The molecular formula is C10H6Br3ClN4O. The van der Waals surface area contributed by atoms with Gasteiger partial charge in [-0.2, -0.15) is 0 Å². The smallest absolute Gasteiger partial charge is 0.197 e. The van der Waals surface area contributed by atoms with Crippen LogP contribution in [-0.2, 0) is 0 Å². The predicted octanol–water partition coefficient (Wildman–Crippen LogP) is 4.12. The summed E-state index contributed by atoms with van der Waals surface area (Å²) in [6.07, 6.45) is 1.58. The molecule has 1 aromatic carbocycles. The minimum atomic E-state index is -0.217. The molecule has 9 heteroatoms. The molecule has 0 aliphatic rings. The zero-order valence-electron chi connectivity index (χ0n) is 9.13. The van der Waals surface area contributed by atoms with E-state index in [1.807, 2.05) is 18.2 Å². The van der Waals surface area contributed by atoms with Gasteiger partial charge in [0.1, 0.15) is 10.6 Å². The van der Waals surface area contributed by atoms with E-state index in [9.17, 15) is 0 Å². The number of hydrogen-bond donors (Lipinski definition) is 1. The molecule has 0 bridgehead atoms. The number of alkyl halides is 1. The Morgan fingerprint density at radius 1 is 1.32 bits per heavy atom. The molecule has 1 N–H and O–H groups in total. The van der Waals surface area contributed by atoms with Crippen LogP contribution in [0.3, 0.4) is 0 Å². The van der Waals surface area contributed by atoms with Crippen molar-refractivity contribution in [3.8, 4) is 0 Å². The second-order valence-electron chi connectivity index (χ2n) is 3.51. The molecule has 0 aliphatic carbocycles. The Hall–Kier alpha value is -0.440. The van der Waals surface area contributed by atoms with Crippen LogP contribution in [0.15, 0.2) is 38.5 Å².